The second-order valence-electron chi connectivity index (χ2n) is 5.31. The molecule has 4 nitrogen and oxygen atoms in total. The van der Waals surface area contributed by atoms with E-state index in [2.05, 4.69) is 23.7 Å². The molecule has 1 aromatic rings. The molecule has 0 saturated carbocycles. The number of likely N-dealkylation sites (tertiary alicyclic amines) is 1. The third-order valence-corrected chi connectivity index (χ3v) is 3.87. The molecule has 0 aliphatic carbocycles. The van der Waals surface area contributed by atoms with Crippen molar-refractivity contribution in [3.63, 3.8) is 0 Å². The Kier molecular flexibility index (Phi) is 3.84. The summed E-state index contributed by atoms with van der Waals surface area (Å²) in [6, 6.07) is 0.612. The lowest BCUT2D eigenvalue weighted by molar-refractivity contribution is 0.0430. The van der Waals surface area contributed by atoms with Crippen molar-refractivity contribution in [3.8, 4) is 0 Å². The number of aliphatic hydroxyl groups is 1. The summed E-state index contributed by atoms with van der Waals surface area (Å²) in [5.41, 5.74) is 0. The fourth-order valence-corrected chi connectivity index (χ4v) is 2.62. The third-order valence-electron chi connectivity index (χ3n) is 3.87. The highest BCUT2D eigenvalue weighted by atomic mass is 16.3. The monoisotopic (exact) mass is 237 g/mol. The topological polar surface area (TPSA) is 41.3 Å². The van der Waals surface area contributed by atoms with Crippen LogP contribution >= 0.6 is 0 Å². The Morgan fingerprint density at radius 3 is 2.47 bits per heavy atom. The molecule has 1 saturated heterocycles. The van der Waals surface area contributed by atoms with Gasteiger partial charge < -0.3 is 14.6 Å². The molecule has 0 radical (unpaired) electrons. The molecule has 4 heteroatoms. The highest BCUT2D eigenvalue weighted by Crippen LogP contribution is 2.30. The van der Waals surface area contributed by atoms with Gasteiger partial charge >= 0.3 is 0 Å². The minimum Gasteiger partial charge on any atom is -0.385 e. The summed E-state index contributed by atoms with van der Waals surface area (Å²) in [5.74, 6) is 1.15. The van der Waals surface area contributed by atoms with Crippen LogP contribution in [0.5, 0.6) is 0 Å². The van der Waals surface area contributed by atoms with Gasteiger partial charge in [-0.25, -0.2) is 4.98 Å². The SMILES string of the molecule is CC(C)N1CCC(C(O)c2nccn2C)CC1. The predicted octanol–water partition coefficient (Wildman–Crippen LogP) is 1.57. The molecule has 1 N–H and O–H groups in total. The smallest absolute Gasteiger partial charge is 0.137 e. The summed E-state index contributed by atoms with van der Waals surface area (Å²) < 4.78 is 1.92. The minimum atomic E-state index is -0.413. The number of piperidine rings is 1. The van der Waals surface area contributed by atoms with Crippen LogP contribution in [0.2, 0.25) is 0 Å². The van der Waals surface area contributed by atoms with Crippen molar-refractivity contribution in [1.29, 1.82) is 0 Å². The first-order chi connectivity index (χ1) is 8.09. The average molecular weight is 237 g/mol. The van der Waals surface area contributed by atoms with Crippen molar-refractivity contribution >= 4 is 0 Å². The van der Waals surface area contributed by atoms with Crippen LogP contribution in [-0.2, 0) is 7.05 Å². The molecule has 96 valence electrons. The number of hydrogen-bond acceptors (Lipinski definition) is 3. The molecule has 1 atom stereocenters. The summed E-state index contributed by atoms with van der Waals surface area (Å²) in [5, 5.41) is 10.3. The lowest BCUT2D eigenvalue weighted by Gasteiger charge is -2.36. The van der Waals surface area contributed by atoms with Gasteiger partial charge in [-0.3, -0.25) is 0 Å². The number of rotatable bonds is 3. The lowest BCUT2D eigenvalue weighted by atomic mass is 9.90. The molecule has 1 aliphatic rings. The molecule has 1 aliphatic heterocycles. The maximum atomic E-state index is 10.3. The van der Waals surface area contributed by atoms with Crippen LogP contribution in [0.1, 0.15) is 38.6 Å². The Bertz CT molecular complexity index is 353. The Balaban J connectivity index is 1.95. The van der Waals surface area contributed by atoms with Crippen LogP contribution < -0.4 is 0 Å². The molecular formula is C13H23N3O. The van der Waals surface area contributed by atoms with Gasteiger partial charge in [-0.15, -0.1) is 0 Å². The summed E-state index contributed by atoms with van der Waals surface area (Å²) in [4.78, 5) is 6.72. The van der Waals surface area contributed by atoms with Crippen molar-refractivity contribution in [2.45, 2.75) is 38.8 Å². The van der Waals surface area contributed by atoms with Crippen molar-refractivity contribution in [3.05, 3.63) is 18.2 Å². The second-order valence-corrected chi connectivity index (χ2v) is 5.31. The van der Waals surface area contributed by atoms with Gasteiger partial charge in [-0.2, -0.15) is 0 Å². The van der Waals surface area contributed by atoms with E-state index in [1.165, 1.54) is 0 Å². The van der Waals surface area contributed by atoms with Gasteiger partial charge in [-0.05, 0) is 45.7 Å². The van der Waals surface area contributed by atoms with Crippen LogP contribution in [0, 0.1) is 5.92 Å². The Morgan fingerprint density at radius 1 is 1.35 bits per heavy atom. The van der Waals surface area contributed by atoms with E-state index in [0.717, 1.165) is 31.8 Å². The van der Waals surface area contributed by atoms with Crippen molar-refractivity contribution < 1.29 is 5.11 Å². The molecule has 2 rings (SSSR count). The van der Waals surface area contributed by atoms with E-state index in [1.807, 2.05) is 17.8 Å². The number of imidazole rings is 1. The molecule has 2 heterocycles. The first-order valence-electron chi connectivity index (χ1n) is 6.49. The number of aromatic nitrogens is 2. The van der Waals surface area contributed by atoms with E-state index in [0.29, 0.717) is 12.0 Å². The third kappa shape index (κ3) is 2.69. The van der Waals surface area contributed by atoms with Crippen LogP contribution in [0.3, 0.4) is 0 Å². The van der Waals surface area contributed by atoms with Crippen LogP contribution in [0.4, 0.5) is 0 Å². The second kappa shape index (κ2) is 5.19. The summed E-state index contributed by atoms with van der Waals surface area (Å²) in [6.07, 6.45) is 5.35. The summed E-state index contributed by atoms with van der Waals surface area (Å²) in [6.45, 7) is 6.64. The van der Waals surface area contributed by atoms with Gasteiger partial charge in [0.2, 0.25) is 0 Å². The molecule has 1 fully saturated rings. The largest absolute Gasteiger partial charge is 0.385 e. The Hall–Kier alpha value is -0.870. The van der Waals surface area contributed by atoms with E-state index in [4.69, 9.17) is 0 Å². The van der Waals surface area contributed by atoms with E-state index in [1.54, 1.807) is 6.20 Å². The molecule has 0 amide bonds. The lowest BCUT2D eigenvalue weighted by Crippen LogP contribution is -2.40. The highest BCUT2D eigenvalue weighted by Gasteiger charge is 2.28. The molecule has 0 spiro atoms. The summed E-state index contributed by atoms with van der Waals surface area (Å²) in [7, 11) is 1.94. The number of hydrogen-bond donors (Lipinski definition) is 1. The number of aliphatic hydroxyl groups excluding tert-OH is 1. The van der Waals surface area contributed by atoms with Crippen molar-refractivity contribution in [2.24, 2.45) is 13.0 Å². The van der Waals surface area contributed by atoms with Gasteiger partial charge in [0, 0.05) is 25.5 Å². The van der Waals surface area contributed by atoms with Gasteiger partial charge in [0.05, 0.1) is 0 Å². The quantitative estimate of drug-likeness (QED) is 0.867. The van der Waals surface area contributed by atoms with Crippen molar-refractivity contribution in [1.82, 2.24) is 14.5 Å². The first-order valence-corrected chi connectivity index (χ1v) is 6.49. The molecule has 1 aromatic heterocycles. The van der Waals surface area contributed by atoms with E-state index in [-0.39, 0.29) is 0 Å². The zero-order valence-corrected chi connectivity index (χ0v) is 11.0. The fraction of sp³-hybridized carbons (Fsp3) is 0.769. The Morgan fingerprint density at radius 2 is 2.00 bits per heavy atom. The maximum Gasteiger partial charge on any atom is 0.137 e. The zero-order valence-electron chi connectivity index (χ0n) is 11.0. The highest BCUT2D eigenvalue weighted by molar-refractivity contribution is 4.98. The van der Waals surface area contributed by atoms with Crippen molar-refractivity contribution in [2.75, 3.05) is 13.1 Å². The maximum absolute atomic E-state index is 10.3. The normalized spacial score (nSPS) is 21.0. The van der Waals surface area contributed by atoms with E-state index in [9.17, 15) is 5.11 Å². The standard InChI is InChI=1S/C13H23N3O/c1-10(2)16-7-4-11(5-8-16)12(17)13-14-6-9-15(13)3/h6,9-12,17H,4-5,7-8H2,1-3H3. The molecule has 0 aromatic carbocycles. The van der Waals surface area contributed by atoms with Crippen LogP contribution in [0.25, 0.3) is 0 Å². The van der Waals surface area contributed by atoms with Gasteiger partial charge in [0.1, 0.15) is 11.9 Å². The van der Waals surface area contributed by atoms with Crippen LogP contribution in [-0.4, -0.2) is 38.7 Å². The molecule has 17 heavy (non-hydrogen) atoms. The number of aryl methyl sites for hydroxylation is 1. The average Bonchev–Trinajstić information content (AvgIpc) is 2.74. The minimum absolute atomic E-state index is 0.353. The summed E-state index contributed by atoms with van der Waals surface area (Å²) >= 11 is 0. The van der Waals surface area contributed by atoms with E-state index < -0.39 is 6.10 Å². The zero-order chi connectivity index (χ0) is 12.4. The Labute approximate surface area is 103 Å². The predicted molar refractivity (Wildman–Crippen MR) is 67.6 cm³/mol. The van der Waals surface area contributed by atoms with Gasteiger partial charge in [0.15, 0.2) is 0 Å². The first kappa shape index (κ1) is 12.6. The van der Waals surface area contributed by atoms with Crippen LogP contribution in [0.15, 0.2) is 12.4 Å². The fourth-order valence-electron chi connectivity index (χ4n) is 2.62. The van der Waals surface area contributed by atoms with E-state index >= 15 is 0 Å². The van der Waals surface area contributed by atoms with Gasteiger partial charge in [-0.1, -0.05) is 0 Å². The molecule has 0 bridgehead atoms. The van der Waals surface area contributed by atoms with Gasteiger partial charge in [0.25, 0.3) is 0 Å². The molecule has 1 unspecified atom stereocenters. The number of nitrogens with zero attached hydrogens (tertiary/aromatic N) is 3. The molecular weight excluding hydrogens is 214 g/mol.